The van der Waals surface area contributed by atoms with E-state index in [0.29, 0.717) is 12.6 Å². The minimum atomic E-state index is 0.0214. The van der Waals surface area contributed by atoms with Gasteiger partial charge in [-0.3, -0.25) is 4.79 Å². The molecular formula is C8H15NO2. The first-order valence-electron chi connectivity index (χ1n) is 4.08. The van der Waals surface area contributed by atoms with Gasteiger partial charge in [0.1, 0.15) is 0 Å². The molecule has 0 saturated carbocycles. The fourth-order valence-electron chi connectivity index (χ4n) is 1.29. The summed E-state index contributed by atoms with van der Waals surface area (Å²) < 4.78 is 5.50. The number of hydrogen-bond donors (Lipinski definition) is 1. The molecule has 64 valence electrons. The Labute approximate surface area is 67.1 Å². The van der Waals surface area contributed by atoms with Gasteiger partial charge in [0.2, 0.25) is 5.91 Å². The fourth-order valence-corrected chi connectivity index (χ4v) is 1.29. The van der Waals surface area contributed by atoms with Gasteiger partial charge in [0, 0.05) is 13.5 Å². The fraction of sp³-hybridized carbons (Fsp3) is 0.875. The van der Waals surface area contributed by atoms with Gasteiger partial charge in [0.05, 0.1) is 12.2 Å². The van der Waals surface area contributed by atoms with Crippen LogP contribution in [0.5, 0.6) is 0 Å². The molecular weight excluding hydrogens is 142 g/mol. The van der Waals surface area contributed by atoms with Crippen LogP contribution in [0, 0.1) is 0 Å². The van der Waals surface area contributed by atoms with E-state index in [0.717, 1.165) is 12.8 Å². The highest BCUT2D eigenvalue weighted by molar-refractivity contribution is 5.72. The topological polar surface area (TPSA) is 38.3 Å². The lowest BCUT2D eigenvalue weighted by Crippen LogP contribution is -2.30. The zero-order valence-electron chi connectivity index (χ0n) is 7.09. The Morgan fingerprint density at radius 2 is 2.36 bits per heavy atom. The number of hydrogen-bond acceptors (Lipinski definition) is 2. The van der Waals surface area contributed by atoms with Crippen molar-refractivity contribution in [3.8, 4) is 0 Å². The van der Waals surface area contributed by atoms with Crippen molar-refractivity contribution in [1.29, 1.82) is 0 Å². The van der Waals surface area contributed by atoms with E-state index in [1.165, 1.54) is 6.92 Å². The smallest absolute Gasteiger partial charge is 0.216 e. The van der Waals surface area contributed by atoms with Crippen LogP contribution in [-0.4, -0.2) is 24.7 Å². The first kappa shape index (κ1) is 8.53. The molecule has 1 rings (SSSR count). The number of ether oxygens (including phenoxy) is 1. The van der Waals surface area contributed by atoms with E-state index < -0.39 is 0 Å². The molecule has 0 spiro atoms. The summed E-state index contributed by atoms with van der Waals surface area (Å²) in [6.45, 7) is 4.26. The molecule has 0 aliphatic carbocycles. The number of carbonyl (C=O) groups excluding carboxylic acids is 1. The molecule has 11 heavy (non-hydrogen) atoms. The normalized spacial score (nSPS) is 30.4. The standard InChI is InChI=1S/C8H15NO2/c1-6-3-4-8(11-6)5-9-7(2)10/h6,8H,3-5H2,1-2H3,(H,9,10)/t6-,8-/m0/s1. The minimum Gasteiger partial charge on any atom is -0.373 e. The third kappa shape index (κ3) is 2.89. The number of rotatable bonds is 2. The second kappa shape index (κ2) is 3.72. The lowest BCUT2D eigenvalue weighted by molar-refractivity contribution is -0.119. The van der Waals surface area contributed by atoms with Gasteiger partial charge >= 0.3 is 0 Å². The molecule has 1 saturated heterocycles. The Bertz CT molecular complexity index is 147. The van der Waals surface area contributed by atoms with Gasteiger partial charge < -0.3 is 10.1 Å². The third-order valence-electron chi connectivity index (χ3n) is 1.90. The van der Waals surface area contributed by atoms with Gasteiger partial charge in [-0.25, -0.2) is 0 Å². The van der Waals surface area contributed by atoms with Gasteiger partial charge in [0.15, 0.2) is 0 Å². The van der Waals surface area contributed by atoms with Gasteiger partial charge in [-0.1, -0.05) is 0 Å². The number of carbonyl (C=O) groups is 1. The summed E-state index contributed by atoms with van der Waals surface area (Å²) in [4.78, 5) is 10.5. The largest absolute Gasteiger partial charge is 0.373 e. The molecule has 0 aromatic rings. The van der Waals surface area contributed by atoms with Crippen molar-refractivity contribution in [3.05, 3.63) is 0 Å². The summed E-state index contributed by atoms with van der Waals surface area (Å²) in [5.74, 6) is 0.0214. The lowest BCUT2D eigenvalue weighted by atomic mass is 10.2. The summed E-state index contributed by atoms with van der Waals surface area (Å²) in [5.41, 5.74) is 0. The summed E-state index contributed by atoms with van der Waals surface area (Å²) in [5, 5.41) is 2.74. The van der Waals surface area contributed by atoms with Crippen LogP contribution in [0.1, 0.15) is 26.7 Å². The van der Waals surface area contributed by atoms with Crippen molar-refractivity contribution in [3.63, 3.8) is 0 Å². The van der Waals surface area contributed by atoms with Crippen LogP contribution >= 0.6 is 0 Å². The quantitative estimate of drug-likeness (QED) is 0.640. The molecule has 0 bridgehead atoms. The highest BCUT2D eigenvalue weighted by Gasteiger charge is 2.21. The molecule has 0 radical (unpaired) electrons. The predicted molar refractivity (Wildman–Crippen MR) is 42.3 cm³/mol. The van der Waals surface area contributed by atoms with Crippen LogP contribution in [0.3, 0.4) is 0 Å². The van der Waals surface area contributed by atoms with Crippen molar-refractivity contribution in [1.82, 2.24) is 5.32 Å². The van der Waals surface area contributed by atoms with Crippen LogP contribution in [0.15, 0.2) is 0 Å². The molecule has 1 amide bonds. The maximum Gasteiger partial charge on any atom is 0.216 e. The average Bonchev–Trinajstić information content (AvgIpc) is 2.31. The molecule has 2 atom stereocenters. The molecule has 0 unspecified atom stereocenters. The van der Waals surface area contributed by atoms with Crippen molar-refractivity contribution < 1.29 is 9.53 Å². The van der Waals surface area contributed by atoms with Crippen molar-refractivity contribution in [2.24, 2.45) is 0 Å². The summed E-state index contributed by atoms with van der Waals surface area (Å²) in [6.07, 6.45) is 2.80. The Kier molecular flexibility index (Phi) is 2.88. The summed E-state index contributed by atoms with van der Waals surface area (Å²) >= 11 is 0. The van der Waals surface area contributed by atoms with Gasteiger partial charge in [-0.15, -0.1) is 0 Å². The molecule has 0 aromatic heterocycles. The zero-order valence-corrected chi connectivity index (χ0v) is 7.09. The summed E-state index contributed by atoms with van der Waals surface area (Å²) in [7, 11) is 0. The second-order valence-corrected chi connectivity index (χ2v) is 3.08. The summed E-state index contributed by atoms with van der Waals surface area (Å²) in [6, 6.07) is 0. The van der Waals surface area contributed by atoms with E-state index in [4.69, 9.17) is 4.74 Å². The van der Waals surface area contributed by atoms with Crippen LogP contribution in [-0.2, 0) is 9.53 Å². The Morgan fingerprint density at radius 1 is 1.64 bits per heavy atom. The Hall–Kier alpha value is -0.570. The average molecular weight is 157 g/mol. The van der Waals surface area contributed by atoms with E-state index in [2.05, 4.69) is 12.2 Å². The molecule has 3 heteroatoms. The molecule has 1 N–H and O–H groups in total. The molecule has 1 heterocycles. The van der Waals surface area contributed by atoms with Gasteiger partial charge in [-0.05, 0) is 19.8 Å². The first-order chi connectivity index (χ1) is 5.18. The maximum atomic E-state index is 10.5. The minimum absolute atomic E-state index is 0.0214. The maximum absolute atomic E-state index is 10.5. The van der Waals surface area contributed by atoms with Gasteiger partial charge in [0.25, 0.3) is 0 Å². The van der Waals surface area contributed by atoms with E-state index in [9.17, 15) is 4.79 Å². The predicted octanol–water partition coefficient (Wildman–Crippen LogP) is 0.690. The number of amides is 1. The molecule has 3 nitrogen and oxygen atoms in total. The highest BCUT2D eigenvalue weighted by atomic mass is 16.5. The lowest BCUT2D eigenvalue weighted by Gasteiger charge is -2.10. The molecule has 1 fully saturated rings. The highest BCUT2D eigenvalue weighted by Crippen LogP contribution is 2.17. The van der Waals surface area contributed by atoms with E-state index in [1.807, 2.05) is 0 Å². The SMILES string of the molecule is CC(=O)NC[C@@H]1CC[C@H](C)O1. The first-order valence-corrected chi connectivity index (χ1v) is 4.08. The van der Waals surface area contributed by atoms with E-state index in [-0.39, 0.29) is 12.0 Å². The van der Waals surface area contributed by atoms with E-state index >= 15 is 0 Å². The van der Waals surface area contributed by atoms with Crippen LogP contribution < -0.4 is 5.32 Å². The molecule has 1 aliphatic heterocycles. The zero-order chi connectivity index (χ0) is 8.27. The van der Waals surface area contributed by atoms with E-state index in [1.54, 1.807) is 0 Å². The third-order valence-corrected chi connectivity index (χ3v) is 1.90. The Morgan fingerprint density at radius 3 is 2.82 bits per heavy atom. The van der Waals surface area contributed by atoms with Crippen LogP contribution in [0.25, 0.3) is 0 Å². The van der Waals surface area contributed by atoms with Crippen molar-refractivity contribution in [2.75, 3.05) is 6.54 Å². The van der Waals surface area contributed by atoms with Crippen molar-refractivity contribution >= 4 is 5.91 Å². The van der Waals surface area contributed by atoms with Gasteiger partial charge in [-0.2, -0.15) is 0 Å². The molecule has 0 aromatic carbocycles. The number of nitrogens with one attached hydrogen (secondary N) is 1. The van der Waals surface area contributed by atoms with Crippen LogP contribution in [0.2, 0.25) is 0 Å². The second-order valence-electron chi connectivity index (χ2n) is 3.08. The molecule has 1 aliphatic rings. The van der Waals surface area contributed by atoms with Crippen molar-refractivity contribution in [2.45, 2.75) is 38.9 Å². The monoisotopic (exact) mass is 157 g/mol. The Balaban J connectivity index is 2.13. The van der Waals surface area contributed by atoms with Crippen LogP contribution in [0.4, 0.5) is 0 Å².